The molecule has 0 radical (unpaired) electrons. The lowest BCUT2D eigenvalue weighted by Crippen LogP contribution is -2.10. The van der Waals surface area contributed by atoms with Gasteiger partial charge in [0.05, 0.1) is 5.69 Å². The molecule has 88 valence electrons. The van der Waals surface area contributed by atoms with Gasteiger partial charge in [-0.05, 0) is 18.2 Å². The van der Waals surface area contributed by atoms with Crippen molar-refractivity contribution in [2.24, 2.45) is 5.73 Å². The highest BCUT2D eigenvalue weighted by Gasteiger charge is 2.14. The summed E-state index contributed by atoms with van der Waals surface area (Å²) >= 11 is 0. The quantitative estimate of drug-likeness (QED) is 0.784. The van der Waals surface area contributed by atoms with E-state index in [1.165, 1.54) is 6.07 Å². The lowest BCUT2D eigenvalue weighted by atomic mass is 10.1. The van der Waals surface area contributed by atoms with Gasteiger partial charge in [0, 0.05) is 5.56 Å². The SMILES string of the molecule is NC(=O)c1cc(-c2cc(F)c(F)c(F)c2)n[nH]1. The summed E-state index contributed by atoms with van der Waals surface area (Å²) in [6.07, 6.45) is 0. The molecule has 2 aromatic rings. The predicted octanol–water partition coefficient (Wildman–Crippen LogP) is 1.59. The number of nitrogens with two attached hydrogens (primary N) is 1. The first-order valence-corrected chi connectivity index (χ1v) is 4.49. The van der Waals surface area contributed by atoms with Gasteiger partial charge in [0.1, 0.15) is 5.69 Å². The van der Waals surface area contributed by atoms with Gasteiger partial charge < -0.3 is 5.73 Å². The Bertz CT molecular complexity index is 571. The summed E-state index contributed by atoms with van der Waals surface area (Å²) in [5, 5.41) is 5.93. The minimum Gasteiger partial charge on any atom is -0.364 e. The molecule has 17 heavy (non-hydrogen) atoms. The Morgan fingerprint density at radius 3 is 2.24 bits per heavy atom. The Kier molecular flexibility index (Phi) is 2.58. The third kappa shape index (κ3) is 1.99. The lowest BCUT2D eigenvalue weighted by Gasteiger charge is -1.99. The lowest BCUT2D eigenvalue weighted by molar-refractivity contribution is 0.0995. The molecule has 0 aliphatic heterocycles. The van der Waals surface area contributed by atoms with E-state index >= 15 is 0 Å². The highest BCUT2D eigenvalue weighted by molar-refractivity contribution is 5.91. The Morgan fingerprint density at radius 2 is 1.76 bits per heavy atom. The molecule has 0 saturated carbocycles. The second kappa shape index (κ2) is 3.93. The van der Waals surface area contributed by atoms with Crippen molar-refractivity contribution in [1.82, 2.24) is 10.2 Å². The number of primary amides is 1. The molecule has 1 aromatic carbocycles. The highest BCUT2D eigenvalue weighted by Crippen LogP contribution is 2.22. The van der Waals surface area contributed by atoms with Crippen LogP contribution in [0.25, 0.3) is 11.3 Å². The van der Waals surface area contributed by atoms with Gasteiger partial charge in [-0.15, -0.1) is 0 Å². The summed E-state index contributed by atoms with van der Waals surface area (Å²) in [5.74, 6) is -4.97. The molecule has 0 aliphatic rings. The van der Waals surface area contributed by atoms with Crippen molar-refractivity contribution in [1.29, 1.82) is 0 Å². The van der Waals surface area contributed by atoms with E-state index in [4.69, 9.17) is 5.73 Å². The molecule has 2 rings (SSSR count). The molecular formula is C10H6F3N3O. The summed E-state index contributed by atoms with van der Waals surface area (Å²) in [5.41, 5.74) is 5.06. The van der Waals surface area contributed by atoms with Crippen LogP contribution in [0.2, 0.25) is 0 Å². The van der Waals surface area contributed by atoms with Crippen molar-refractivity contribution < 1.29 is 18.0 Å². The number of H-pyrrole nitrogens is 1. The van der Waals surface area contributed by atoms with E-state index in [0.717, 1.165) is 12.1 Å². The number of hydrogen-bond acceptors (Lipinski definition) is 2. The first kappa shape index (κ1) is 11.2. The van der Waals surface area contributed by atoms with Crippen LogP contribution in [0.5, 0.6) is 0 Å². The van der Waals surface area contributed by atoms with Crippen LogP contribution >= 0.6 is 0 Å². The number of carbonyl (C=O) groups excluding carboxylic acids is 1. The Balaban J connectivity index is 2.49. The van der Waals surface area contributed by atoms with E-state index in [9.17, 15) is 18.0 Å². The summed E-state index contributed by atoms with van der Waals surface area (Å²) in [7, 11) is 0. The minimum absolute atomic E-state index is 0.00477. The standard InChI is InChI=1S/C10H6F3N3O/c11-5-1-4(2-6(12)9(5)13)7-3-8(10(14)17)16-15-7/h1-3H,(H2,14,17)(H,15,16). The zero-order valence-electron chi connectivity index (χ0n) is 8.30. The zero-order chi connectivity index (χ0) is 12.6. The van der Waals surface area contributed by atoms with E-state index in [0.29, 0.717) is 0 Å². The number of hydrogen-bond donors (Lipinski definition) is 2. The Morgan fingerprint density at radius 1 is 1.18 bits per heavy atom. The first-order valence-electron chi connectivity index (χ1n) is 4.49. The van der Waals surface area contributed by atoms with Crippen molar-refractivity contribution in [3.05, 3.63) is 41.3 Å². The highest BCUT2D eigenvalue weighted by atomic mass is 19.2. The number of nitrogens with zero attached hydrogens (tertiary/aromatic N) is 1. The minimum atomic E-state index is -1.56. The molecule has 0 unspecified atom stereocenters. The van der Waals surface area contributed by atoms with Gasteiger partial charge in [-0.2, -0.15) is 5.10 Å². The van der Waals surface area contributed by atoms with Crippen LogP contribution < -0.4 is 5.73 Å². The smallest absolute Gasteiger partial charge is 0.266 e. The molecule has 1 amide bonds. The molecule has 0 spiro atoms. The van der Waals surface area contributed by atoms with E-state index in [2.05, 4.69) is 10.2 Å². The molecule has 3 N–H and O–H groups in total. The zero-order valence-corrected chi connectivity index (χ0v) is 8.30. The monoisotopic (exact) mass is 241 g/mol. The van der Waals surface area contributed by atoms with Crippen molar-refractivity contribution >= 4 is 5.91 Å². The molecule has 0 aliphatic carbocycles. The van der Waals surface area contributed by atoms with Crippen LogP contribution in [0.15, 0.2) is 18.2 Å². The fourth-order valence-electron chi connectivity index (χ4n) is 1.30. The van der Waals surface area contributed by atoms with Crippen molar-refractivity contribution in [3.8, 4) is 11.3 Å². The normalized spacial score (nSPS) is 10.5. The fraction of sp³-hybridized carbons (Fsp3) is 0. The second-order valence-corrected chi connectivity index (χ2v) is 3.28. The van der Waals surface area contributed by atoms with Crippen LogP contribution in [0.1, 0.15) is 10.5 Å². The molecule has 0 saturated heterocycles. The van der Waals surface area contributed by atoms with E-state index in [1.54, 1.807) is 0 Å². The Hall–Kier alpha value is -2.31. The van der Waals surface area contributed by atoms with Crippen LogP contribution in [0.3, 0.4) is 0 Å². The number of halogens is 3. The predicted molar refractivity (Wildman–Crippen MR) is 52.4 cm³/mol. The number of aromatic amines is 1. The molecular weight excluding hydrogens is 235 g/mol. The summed E-state index contributed by atoms with van der Waals surface area (Å²) in [6, 6.07) is 2.77. The summed E-state index contributed by atoms with van der Waals surface area (Å²) < 4.78 is 38.6. The number of carbonyl (C=O) groups is 1. The van der Waals surface area contributed by atoms with Gasteiger partial charge in [0.25, 0.3) is 5.91 Å². The van der Waals surface area contributed by atoms with Crippen LogP contribution in [-0.2, 0) is 0 Å². The van der Waals surface area contributed by atoms with Crippen molar-refractivity contribution in [2.45, 2.75) is 0 Å². The van der Waals surface area contributed by atoms with Crippen molar-refractivity contribution in [3.63, 3.8) is 0 Å². The fourth-order valence-corrected chi connectivity index (χ4v) is 1.30. The maximum absolute atomic E-state index is 12.9. The molecule has 0 atom stereocenters. The number of aromatic nitrogens is 2. The average molecular weight is 241 g/mol. The van der Waals surface area contributed by atoms with Crippen LogP contribution in [0, 0.1) is 17.5 Å². The van der Waals surface area contributed by atoms with Gasteiger partial charge in [0.2, 0.25) is 0 Å². The van der Waals surface area contributed by atoms with Gasteiger partial charge in [0.15, 0.2) is 17.5 Å². The van der Waals surface area contributed by atoms with Crippen LogP contribution in [-0.4, -0.2) is 16.1 Å². The van der Waals surface area contributed by atoms with Crippen molar-refractivity contribution in [2.75, 3.05) is 0 Å². The molecule has 0 bridgehead atoms. The van der Waals surface area contributed by atoms with Gasteiger partial charge in [-0.25, -0.2) is 13.2 Å². The maximum atomic E-state index is 12.9. The van der Waals surface area contributed by atoms with E-state index in [1.807, 2.05) is 0 Å². The molecule has 1 aromatic heterocycles. The molecule has 4 nitrogen and oxygen atoms in total. The molecule has 0 fully saturated rings. The Labute approximate surface area is 93.2 Å². The van der Waals surface area contributed by atoms with E-state index < -0.39 is 23.4 Å². The van der Waals surface area contributed by atoms with Gasteiger partial charge in [-0.3, -0.25) is 9.89 Å². The maximum Gasteiger partial charge on any atom is 0.266 e. The largest absolute Gasteiger partial charge is 0.364 e. The average Bonchev–Trinajstić information content (AvgIpc) is 2.74. The van der Waals surface area contributed by atoms with Gasteiger partial charge >= 0.3 is 0 Å². The molecule has 7 heteroatoms. The summed E-state index contributed by atoms with van der Waals surface area (Å²) in [6.45, 7) is 0. The third-order valence-corrected chi connectivity index (χ3v) is 2.12. The topological polar surface area (TPSA) is 71.8 Å². The molecule has 1 heterocycles. The number of benzene rings is 1. The van der Waals surface area contributed by atoms with Crippen LogP contribution in [0.4, 0.5) is 13.2 Å². The van der Waals surface area contributed by atoms with E-state index in [-0.39, 0.29) is 17.0 Å². The second-order valence-electron chi connectivity index (χ2n) is 3.28. The number of nitrogens with one attached hydrogen (secondary N) is 1. The number of amides is 1. The number of rotatable bonds is 2. The summed E-state index contributed by atoms with van der Waals surface area (Å²) in [4.78, 5) is 10.8. The third-order valence-electron chi connectivity index (χ3n) is 2.12. The van der Waals surface area contributed by atoms with Gasteiger partial charge in [-0.1, -0.05) is 0 Å². The first-order chi connectivity index (χ1) is 7.99.